The van der Waals surface area contributed by atoms with Gasteiger partial charge < -0.3 is 19.5 Å². The summed E-state index contributed by atoms with van der Waals surface area (Å²) in [5.74, 6) is -0.345. The molecule has 0 aliphatic heterocycles. The van der Waals surface area contributed by atoms with Crippen LogP contribution < -0.4 is 4.74 Å². The lowest BCUT2D eigenvalue weighted by atomic mass is 10.0. The maximum Gasteiger partial charge on any atom is 0.335 e. The van der Waals surface area contributed by atoms with Crippen LogP contribution in [-0.2, 0) is 0 Å². The van der Waals surface area contributed by atoms with Gasteiger partial charge in [-0.3, -0.25) is 0 Å². The molecule has 136 valence electrons. The lowest BCUT2D eigenvalue weighted by Crippen LogP contribution is -2.00. The van der Waals surface area contributed by atoms with Gasteiger partial charge >= 0.3 is 5.97 Å². The number of nitrogens with zero attached hydrogens (tertiary/aromatic N) is 2. The summed E-state index contributed by atoms with van der Waals surface area (Å²) in [7, 11) is 0. The van der Waals surface area contributed by atoms with Crippen molar-refractivity contribution in [2.24, 2.45) is 0 Å². The number of carboxylic acids is 1. The van der Waals surface area contributed by atoms with E-state index in [1.807, 2.05) is 30.5 Å². The first kappa shape index (κ1) is 18.2. The van der Waals surface area contributed by atoms with E-state index in [4.69, 9.17) is 14.9 Å². The average molecular weight is 362 g/mol. The molecule has 0 unspecified atom stereocenters. The van der Waals surface area contributed by atoms with Gasteiger partial charge in [0.15, 0.2) is 0 Å². The molecule has 2 aromatic carbocycles. The molecule has 0 amide bonds. The molecule has 0 saturated carbocycles. The van der Waals surface area contributed by atoms with Crippen LogP contribution in [0.1, 0.15) is 22.3 Å². The zero-order valence-electron chi connectivity index (χ0n) is 14.5. The Balaban J connectivity index is 1.98. The van der Waals surface area contributed by atoms with E-state index < -0.39 is 5.97 Å². The molecule has 0 bridgehead atoms. The largest absolute Gasteiger partial charge is 0.493 e. The quantitative estimate of drug-likeness (QED) is 0.628. The molecule has 0 radical (unpaired) electrons. The number of rotatable bonds is 7. The molecule has 0 fully saturated rings. The molecule has 0 aliphatic rings. The molecule has 6 heteroatoms. The third-order valence-corrected chi connectivity index (χ3v) is 4.10. The lowest BCUT2D eigenvalue weighted by molar-refractivity contribution is 0.0697. The molecule has 1 aromatic heterocycles. The van der Waals surface area contributed by atoms with Crippen molar-refractivity contribution in [1.29, 1.82) is 5.26 Å². The van der Waals surface area contributed by atoms with E-state index >= 15 is 0 Å². The molecule has 0 saturated heterocycles. The van der Waals surface area contributed by atoms with E-state index in [-0.39, 0.29) is 12.2 Å². The fraction of sp³-hybridized carbons (Fsp3) is 0.143. The van der Waals surface area contributed by atoms with Crippen LogP contribution in [0.5, 0.6) is 5.75 Å². The SMILES string of the molecule is N#Cc1cn(-c2ccc(C(=O)O)cc2)cc1-c1ccccc1OCCCO. The van der Waals surface area contributed by atoms with Crippen LogP contribution in [0, 0.1) is 11.3 Å². The van der Waals surface area contributed by atoms with Crippen molar-refractivity contribution < 1.29 is 19.7 Å². The fourth-order valence-electron chi connectivity index (χ4n) is 2.75. The van der Waals surface area contributed by atoms with Crippen LogP contribution in [-0.4, -0.2) is 34.0 Å². The number of aliphatic hydroxyl groups excluding tert-OH is 1. The Kier molecular flexibility index (Phi) is 5.55. The van der Waals surface area contributed by atoms with Crippen LogP contribution >= 0.6 is 0 Å². The Morgan fingerprint density at radius 1 is 1.07 bits per heavy atom. The van der Waals surface area contributed by atoms with Gasteiger partial charge in [-0.25, -0.2) is 4.79 Å². The van der Waals surface area contributed by atoms with E-state index in [0.29, 0.717) is 24.3 Å². The number of hydrogen-bond acceptors (Lipinski definition) is 4. The highest BCUT2D eigenvalue weighted by molar-refractivity contribution is 5.87. The number of nitriles is 1. The number of ether oxygens (including phenoxy) is 1. The molecular formula is C21H18N2O4. The van der Waals surface area contributed by atoms with Crippen LogP contribution in [0.15, 0.2) is 60.9 Å². The van der Waals surface area contributed by atoms with Gasteiger partial charge in [-0.1, -0.05) is 18.2 Å². The molecular weight excluding hydrogens is 344 g/mol. The summed E-state index contributed by atoms with van der Waals surface area (Å²) in [4.78, 5) is 11.0. The number of benzene rings is 2. The molecule has 3 rings (SSSR count). The first-order valence-electron chi connectivity index (χ1n) is 8.43. The van der Waals surface area contributed by atoms with Crippen molar-refractivity contribution in [3.8, 4) is 28.6 Å². The number of aromatic carboxylic acids is 1. The summed E-state index contributed by atoms with van der Waals surface area (Å²) in [5, 5.41) is 27.5. The number of para-hydroxylation sites is 1. The van der Waals surface area contributed by atoms with Gasteiger partial charge in [-0.15, -0.1) is 0 Å². The topological polar surface area (TPSA) is 95.5 Å². The lowest BCUT2D eigenvalue weighted by Gasteiger charge is -2.10. The predicted octanol–water partition coefficient (Wildman–Crippen LogP) is 3.48. The highest BCUT2D eigenvalue weighted by atomic mass is 16.5. The standard InChI is InChI=1S/C21H18N2O4/c22-12-16-13-23(17-8-6-15(7-9-17)21(25)26)14-19(16)18-4-1-2-5-20(18)27-11-3-10-24/h1-2,4-9,13-14,24H,3,10-11H2,(H,25,26). The third-order valence-electron chi connectivity index (χ3n) is 4.10. The number of aliphatic hydroxyl groups is 1. The van der Waals surface area contributed by atoms with E-state index in [1.54, 1.807) is 22.9 Å². The van der Waals surface area contributed by atoms with E-state index in [0.717, 1.165) is 16.8 Å². The Morgan fingerprint density at radius 3 is 2.48 bits per heavy atom. The minimum absolute atomic E-state index is 0.0499. The van der Waals surface area contributed by atoms with Gasteiger partial charge in [0.05, 0.1) is 17.7 Å². The van der Waals surface area contributed by atoms with Gasteiger partial charge in [-0.05, 0) is 30.3 Å². The summed E-state index contributed by atoms with van der Waals surface area (Å²) in [6, 6.07) is 16.1. The molecule has 1 heterocycles. The molecule has 6 nitrogen and oxygen atoms in total. The molecule has 0 spiro atoms. The van der Waals surface area contributed by atoms with Crippen molar-refractivity contribution in [2.75, 3.05) is 13.2 Å². The highest BCUT2D eigenvalue weighted by Crippen LogP contribution is 2.33. The first-order valence-corrected chi connectivity index (χ1v) is 8.43. The third kappa shape index (κ3) is 4.00. The van der Waals surface area contributed by atoms with Crippen molar-refractivity contribution in [3.05, 3.63) is 72.1 Å². The summed E-state index contributed by atoms with van der Waals surface area (Å²) in [6.45, 7) is 0.432. The maximum atomic E-state index is 11.0. The number of carbonyl (C=O) groups is 1. The summed E-state index contributed by atoms with van der Waals surface area (Å²) in [6.07, 6.45) is 4.05. The number of aromatic nitrogens is 1. The number of hydrogen-bond donors (Lipinski definition) is 2. The fourth-order valence-corrected chi connectivity index (χ4v) is 2.75. The van der Waals surface area contributed by atoms with Crippen molar-refractivity contribution in [3.63, 3.8) is 0 Å². The van der Waals surface area contributed by atoms with Gasteiger partial charge in [0, 0.05) is 42.2 Å². The minimum atomic E-state index is -0.985. The zero-order valence-corrected chi connectivity index (χ0v) is 14.5. The highest BCUT2D eigenvalue weighted by Gasteiger charge is 2.14. The molecule has 2 N–H and O–H groups in total. The molecule has 3 aromatic rings. The predicted molar refractivity (Wildman–Crippen MR) is 100 cm³/mol. The van der Waals surface area contributed by atoms with Crippen molar-refractivity contribution in [2.45, 2.75) is 6.42 Å². The average Bonchev–Trinajstić information content (AvgIpc) is 3.13. The van der Waals surface area contributed by atoms with Crippen LogP contribution in [0.25, 0.3) is 16.8 Å². The second-order valence-corrected chi connectivity index (χ2v) is 5.88. The summed E-state index contributed by atoms with van der Waals surface area (Å²) < 4.78 is 7.53. The van der Waals surface area contributed by atoms with Crippen LogP contribution in [0.2, 0.25) is 0 Å². The van der Waals surface area contributed by atoms with Gasteiger partial charge in [0.1, 0.15) is 11.8 Å². The summed E-state index contributed by atoms with van der Waals surface area (Å²) in [5.41, 5.74) is 2.94. The van der Waals surface area contributed by atoms with E-state index in [1.165, 1.54) is 12.1 Å². The Hall–Kier alpha value is -3.56. The minimum Gasteiger partial charge on any atom is -0.493 e. The second-order valence-electron chi connectivity index (χ2n) is 5.88. The van der Waals surface area contributed by atoms with Gasteiger partial charge in [0.25, 0.3) is 0 Å². The van der Waals surface area contributed by atoms with Crippen molar-refractivity contribution >= 4 is 5.97 Å². The van der Waals surface area contributed by atoms with E-state index in [9.17, 15) is 10.1 Å². The number of carboxylic acid groups (broad SMARTS) is 1. The maximum absolute atomic E-state index is 11.0. The monoisotopic (exact) mass is 362 g/mol. The first-order chi connectivity index (χ1) is 13.1. The van der Waals surface area contributed by atoms with E-state index in [2.05, 4.69) is 6.07 Å². The Morgan fingerprint density at radius 2 is 1.81 bits per heavy atom. The summed E-state index contributed by atoms with van der Waals surface area (Å²) >= 11 is 0. The Bertz CT molecular complexity index is 984. The van der Waals surface area contributed by atoms with Gasteiger partial charge in [0.2, 0.25) is 0 Å². The van der Waals surface area contributed by atoms with Gasteiger partial charge in [-0.2, -0.15) is 5.26 Å². The zero-order chi connectivity index (χ0) is 19.2. The normalized spacial score (nSPS) is 10.4. The van der Waals surface area contributed by atoms with Crippen molar-refractivity contribution in [1.82, 2.24) is 4.57 Å². The van der Waals surface area contributed by atoms with Crippen LogP contribution in [0.3, 0.4) is 0 Å². The smallest absolute Gasteiger partial charge is 0.335 e. The second kappa shape index (κ2) is 8.21. The van der Waals surface area contributed by atoms with Crippen LogP contribution in [0.4, 0.5) is 0 Å². The Labute approximate surface area is 156 Å². The molecule has 0 atom stereocenters. The molecule has 0 aliphatic carbocycles. The molecule has 27 heavy (non-hydrogen) atoms.